The number of benzene rings is 1. The van der Waals surface area contributed by atoms with Gasteiger partial charge in [-0.3, -0.25) is 9.88 Å². The van der Waals surface area contributed by atoms with E-state index in [0.29, 0.717) is 25.3 Å². The van der Waals surface area contributed by atoms with E-state index in [1.807, 2.05) is 26.0 Å². The molecule has 2 aromatic rings. The molecule has 1 heterocycles. The van der Waals surface area contributed by atoms with Gasteiger partial charge in [-0.05, 0) is 43.7 Å². The van der Waals surface area contributed by atoms with Crippen molar-refractivity contribution in [2.75, 3.05) is 18.0 Å². The van der Waals surface area contributed by atoms with Gasteiger partial charge in [-0.2, -0.15) is 0 Å². The number of amides is 2. The molecule has 2 amide bonds. The molecule has 0 radical (unpaired) electrons. The summed E-state index contributed by atoms with van der Waals surface area (Å²) in [6.07, 6.45) is 3.39. The fourth-order valence-electron chi connectivity index (χ4n) is 2.25. The molecule has 0 atom stereocenters. The van der Waals surface area contributed by atoms with Crippen LogP contribution in [0.25, 0.3) is 0 Å². The third kappa shape index (κ3) is 3.81. The lowest BCUT2D eigenvalue weighted by Crippen LogP contribution is -2.43. The summed E-state index contributed by atoms with van der Waals surface area (Å²) in [5.74, 6) is -0.360. The highest BCUT2D eigenvalue weighted by molar-refractivity contribution is 5.91. The summed E-state index contributed by atoms with van der Waals surface area (Å²) in [6.45, 7) is 5.42. The fraction of sp³-hybridized carbons (Fsp3) is 0.294. The zero-order valence-corrected chi connectivity index (χ0v) is 12.9. The summed E-state index contributed by atoms with van der Waals surface area (Å²) >= 11 is 0. The minimum absolute atomic E-state index is 0.139. The van der Waals surface area contributed by atoms with Crippen molar-refractivity contribution >= 4 is 11.7 Å². The molecule has 0 saturated heterocycles. The van der Waals surface area contributed by atoms with Crippen LogP contribution in [0, 0.1) is 5.82 Å². The summed E-state index contributed by atoms with van der Waals surface area (Å²) < 4.78 is 13.5. The van der Waals surface area contributed by atoms with Crippen LogP contribution in [0.5, 0.6) is 0 Å². The second-order valence-corrected chi connectivity index (χ2v) is 4.88. The molecule has 116 valence electrons. The Labute approximate surface area is 130 Å². The highest BCUT2D eigenvalue weighted by atomic mass is 19.1. The number of hydrogen-bond acceptors (Lipinski definition) is 2. The van der Waals surface area contributed by atoms with Crippen LogP contribution < -0.4 is 4.90 Å². The van der Waals surface area contributed by atoms with Crippen molar-refractivity contribution in [1.29, 1.82) is 0 Å². The van der Waals surface area contributed by atoms with Crippen LogP contribution in [0.3, 0.4) is 0 Å². The van der Waals surface area contributed by atoms with Crippen LogP contribution in [0.2, 0.25) is 0 Å². The predicted molar refractivity (Wildman–Crippen MR) is 85.1 cm³/mol. The summed E-state index contributed by atoms with van der Waals surface area (Å²) in [6, 6.07) is 9.66. The van der Waals surface area contributed by atoms with E-state index >= 15 is 0 Å². The first kappa shape index (κ1) is 15.9. The number of carbonyl (C=O) groups excluding carboxylic acids is 1. The number of carbonyl (C=O) groups is 1. The summed E-state index contributed by atoms with van der Waals surface area (Å²) in [4.78, 5) is 20.1. The smallest absolute Gasteiger partial charge is 0.324 e. The lowest BCUT2D eigenvalue weighted by molar-refractivity contribution is 0.209. The fourth-order valence-corrected chi connectivity index (χ4v) is 2.25. The van der Waals surface area contributed by atoms with Gasteiger partial charge in [-0.15, -0.1) is 0 Å². The van der Waals surface area contributed by atoms with Gasteiger partial charge >= 0.3 is 6.03 Å². The molecule has 1 aromatic heterocycles. The molecule has 0 spiro atoms. The maximum absolute atomic E-state index is 13.5. The molecule has 5 heteroatoms. The highest BCUT2D eigenvalue weighted by Crippen LogP contribution is 2.20. The third-order valence-corrected chi connectivity index (χ3v) is 3.45. The number of hydrogen-bond donors (Lipinski definition) is 0. The Kier molecular flexibility index (Phi) is 5.47. The first-order valence-corrected chi connectivity index (χ1v) is 7.36. The number of anilines is 1. The second kappa shape index (κ2) is 7.54. The number of urea groups is 1. The monoisotopic (exact) mass is 301 g/mol. The first-order chi connectivity index (χ1) is 10.7. The Bertz CT molecular complexity index is 614. The second-order valence-electron chi connectivity index (χ2n) is 4.88. The Balaban J connectivity index is 2.34. The van der Waals surface area contributed by atoms with Crippen molar-refractivity contribution in [1.82, 2.24) is 9.88 Å². The summed E-state index contributed by atoms with van der Waals surface area (Å²) in [7, 11) is 0. The number of pyridine rings is 1. The summed E-state index contributed by atoms with van der Waals surface area (Å²) in [5, 5.41) is 0. The van der Waals surface area contributed by atoms with Gasteiger partial charge in [-0.25, -0.2) is 9.18 Å². The number of rotatable bonds is 5. The molecule has 0 N–H and O–H groups in total. The number of aromatic nitrogens is 1. The SMILES string of the molecule is CCN(CC)C(=O)N(Cc1cccnc1)c1cccc(F)c1. The Hall–Kier alpha value is -2.43. The lowest BCUT2D eigenvalue weighted by Gasteiger charge is -2.29. The first-order valence-electron chi connectivity index (χ1n) is 7.36. The maximum Gasteiger partial charge on any atom is 0.324 e. The van der Waals surface area contributed by atoms with Gasteiger partial charge in [0.05, 0.1) is 6.54 Å². The van der Waals surface area contributed by atoms with E-state index in [4.69, 9.17) is 0 Å². The van der Waals surface area contributed by atoms with Crippen molar-refractivity contribution in [2.24, 2.45) is 0 Å². The minimum atomic E-state index is -0.360. The van der Waals surface area contributed by atoms with Crippen molar-refractivity contribution in [3.05, 3.63) is 60.2 Å². The zero-order valence-electron chi connectivity index (χ0n) is 12.9. The average molecular weight is 301 g/mol. The number of nitrogens with zero attached hydrogens (tertiary/aromatic N) is 3. The molecule has 0 bridgehead atoms. The maximum atomic E-state index is 13.5. The zero-order chi connectivity index (χ0) is 15.9. The molecule has 2 rings (SSSR count). The molecule has 4 nitrogen and oxygen atoms in total. The Morgan fingerprint density at radius 2 is 1.95 bits per heavy atom. The van der Waals surface area contributed by atoms with E-state index in [-0.39, 0.29) is 11.8 Å². The van der Waals surface area contributed by atoms with Crippen molar-refractivity contribution in [3.8, 4) is 0 Å². The van der Waals surface area contributed by atoms with Crippen LogP contribution in [-0.4, -0.2) is 29.0 Å². The molecular formula is C17H20FN3O. The normalized spacial score (nSPS) is 10.3. The summed E-state index contributed by atoms with van der Waals surface area (Å²) in [5.41, 5.74) is 1.44. The molecule has 0 saturated carbocycles. The quantitative estimate of drug-likeness (QED) is 0.844. The topological polar surface area (TPSA) is 36.4 Å². The van der Waals surface area contributed by atoms with Gasteiger partial charge in [0.1, 0.15) is 5.82 Å². The largest absolute Gasteiger partial charge is 0.325 e. The molecule has 0 fully saturated rings. The van der Waals surface area contributed by atoms with E-state index in [1.54, 1.807) is 34.3 Å². The molecule has 0 unspecified atom stereocenters. The lowest BCUT2D eigenvalue weighted by atomic mass is 10.2. The molecular weight excluding hydrogens is 281 g/mol. The van der Waals surface area contributed by atoms with Crippen LogP contribution in [0.4, 0.5) is 14.9 Å². The molecule has 0 aliphatic carbocycles. The van der Waals surface area contributed by atoms with Gasteiger partial charge in [0.2, 0.25) is 0 Å². The van der Waals surface area contributed by atoms with Gasteiger partial charge < -0.3 is 4.90 Å². The molecule has 0 aliphatic rings. The van der Waals surface area contributed by atoms with Crippen molar-refractivity contribution in [3.63, 3.8) is 0 Å². The molecule has 22 heavy (non-hydrogen) atoms. The van der Waals surface area contributed by atoms with Crippen LogP contribution in [-0.2, 0) is 6.54 Å². The molecule has 1 aromatic carbocycles. The highest BCUT2D eigenvalue weighted by Gasteiger charge is 2.21. The average Bonchev–Trinajstić information content (AvgIpc) is 2.54. The van der Waals surface area contributed by atoms with Crippen LogP contribution >= 0.6 is 0 Å². The van der Waals surface area contributed by atoms with Crippen LogP contribution in [0.15, 0.2) is 48.8 Å². The van der Waals surface area contributed by atoms with E-state index in [2.05, 4.69) is 4.98 Å². The Morgan fingerprint density at radius 1 is 1.18 bits per heavy atom. The van der Waals surface area contributed by atoms with Gasteiger partial charge in [-0.1, -0.05) is 12.1 Å². The van der Waals surface area contributed by atoms with E-state index in [9.17, 15) is 9.18 Å². The van der Waals surface area contributed by atoms with Gasteiger partial charge in [0, 0.05) is 31.2 Å². The van der Waals surface area contributed by atoms with Crippen molar-refractivity contribution < 1.29 is 9.18 Å². The third-order valence-electron chi connectivity index (χ3n) is 3.45. The van der Waals surface area contributed by atoms with E-state index in [0.717, 1.165) is 5.56 Å². The van der Waals surface area contributed by atoms with Gasteiger partial charge in [0.15, 0.2) is 0 Å². The van der Waals surface area contributed by atoms with Gasteiger partial charge in [0.25, 0.3) is 0 Å². The Morgan fingerprint density at radius 3 is 2.55 bits per heavy atom. The standard InChI is InChI=1S/C17H20FN3O/c1-3-20(4-2)17(22)21(13-14-7-6-10-19-12-14)16-9-5-8-15(18)11-16/h5-12H,3-4,13H2,1-2H3. The van der Waals surface area contributed by atoms with Crippen molar-refractivity contribution in [2.45, 2.75) is 20.4 Å². The predicted octanol–water partition coefficient (Wildman–Crippen LogP) is 3.69. The van der Waals surface area contributed by atoms with E-state index < -0.39 is 0 Å². The molecule has 0 aliphatic heterocycles. The van der Waals surface area contributed by atoms with Crippen LogP contribution in [0.1, 0.15) is 19.4 Å². The van der Waals surface area contributed by atoms with E-state index in [1.165, 1.54) is 12.1 Å². The minimum Gasteiger partial charge on any atom is -0.325 e. The number of halogens is 1.